The fraction of sp³-hybridized carbons (Fsp3) is 0.618. The van der Waals surface area contributed by atoms with Crippen molar-refractivity contribution in [2.24, 2.45) is 0 Å². The Balaban J connectivity index is 1.26. The predicted octanol–water partition coefficient (Wildman–Crippen LogP) is 2.99. The molecule has 270 valence electrons. The molecule has 1 fully saturated rings. The van der Waals surface area contributed by atoms with Gasteiger partial charge < -0.3 is 50.2 Å². The van der Waals surface area contributed by atoms with Gasteiger partial charge >= 0.3 is 0 Å². The zero-order valence-electron chi connectivity index (χ0n) is 27.0. The van der Waals surface area contributed by atoms with E-state index in [1.807, 2.05) is 12.1 Å². The molecule has 1 heterocycles. The number of carbonyl (C=O) groups excluding carboxylic acids is 1. The molecule has 48 heavy (non-hydrogen) atoms. The number of aryl methyl sites for hydroxylation is 1. The van der Waals surface area contributed by atoms with Crippen LogP contribution in [0.1, 0.15) is 70.3 Å². The van der Waals surface area contributed by atoms with Gasteiger partial charge in [0.2, 0.25) is 5.91 Å². The Kier molecular flexibility index (Phi) is 16.5. The van der Waals surface area contributed by atoms with E-state index in [1.165, 1.54) is 6.92 Å². The van der Waals surface area contributed by atoms with Crippen LogP contribution in [0.25, 0.3) is 0 Å². The molecular weight excluding hydrogens is 639 g/mol. The molecule has 0 aromatic heterocycles. The van der Waals surface area contributed by atoms with Gasteiger partial charge in [-0.3, -0.25) is 4.79 Å². The van der Waals surface area contributed by atoms with Crippen LogP contribution in [0.4, 0.5) is 13.2 Å². The highest BCUT2D eigenvalue weighted by molar-refractivity contribution is 5.76. The monoisotopic (exact) mass is 687 g/mol. The van der Waals surface area contributed by atoms with Gasteiger partial charge in [0, 0.05) is 18.6 Å². The summed E-state index contributed by atoms with van der Waals surface area (Å²) in [4.78, 5) is 12.6. The number of benzene rings is 2. The van der Waals surface area contributed by atoms with Crippen LogP contribution in [-0.4, -0.2) is 98.7 Å². The number of amides is 1. The first kappa shape index (κ1) is 39.6. The molecule has 7 N–H and O–H groups in total. The van der Waals surface area contributed by atoms with Crippen LogP contribution in [0, 0.1) is 17.5 Å². The van der Waals surface area contributed by atoms with Gasteiger partial charge in [-0.1, -0.05) is 50.7 Å². The number of hydrogen-bond donors (Lipinski definition) is 7. The molecule has 1 aliphatic rings. The van der Waals surface area contributed by atoms with E-state index in [1.54, 1.807) is 12.1 Å². The molecule has 3 rings (SSSR count). The zero-order valence-corrected chi connectivity index (χ0v) is 27.0. The van der Waals surface area contributed by atoms with Crippen LogP contribution >= 0.6 is 0 Å². The Morgan fingerprint density at radius 3 is 2.02 bits per heavy atom. The lowest BCUT2D eigenvalue weighted by Gasteiger charge is -2.40. The van der Waals surface area contributed by atoms with E-state index in [2.05, 4.69) is 5.32 Å². The molecule has 11 nitrogen and oxygen atoms in total. The molecule has 0 aliphatic carbocycles. The average molecular weight is 688 g/mol. The standard InChI is InChI=1S/C34H48F3NO10/c1-20(40)30(42)26(19-46-34-33(45)32(44)31(43)27(18-39)48-34)38-28(41)11-9-7-5-3-2-4-6-8-10-21-12-14-22(15-13-21)47-23-16-24(35)29(37)25(36)17-23/h12-17,20,26-27,30-34,39-40,42-45H,2-11,18-19H2,1H3,(H,38,41)/t20-,26+,27?,30-,31+,32?,33?,34+/m1/s1. The third-order valence-corrected chi connectivity index (χ3v) is 8.28. The van der Waals surface area contributed by atoms with E-state index >= 15 is 0 Å². The van der Waals surface area contributed by atoms with Gasteiger partial charge in [-0.25, -0.2) is 13.2 Å². The smallest absolute Gasteiger partial charge is 0.220 e. The van der Waals surface area contributed by atoms with Gasteiger partial charge in [-0.15, -0.1) is 0 Å². The SMILES string of the molecule is C[C@@H](O)[C@@H](O)[C@H](CO[C@H]1OC(CO)[C@H](O)C(O)C1O)NC(=O)CCCCCCCCCCc1ccc(Oc2cc(F)c(F)c(F)c2)cc1. The Morgan fingerprint density at radius 2 is 1.44 bits per heavy atom. The highest BCUT2D eigenvalue weighted by Gasteiger charge is 2.44. The van der Waals surface area contributed by atoms with Gasteiger partial charge in [-0.2, -0.15) is 0 Å². The Morgan fingerprint density at radius 1 is 0.854 bits per heavy atom. The van der Waals surface area contributed by atoms with Gasteiger partial charge in [-0.05, 0) is 43.9 Å². The van der Waals surface area contributed by atoms with E-state index in [0.717, 1.165) is 69.1 Å². The number of unbranched alkanes of at least 4 members (excludes halogenated alkanes) is 7. The lowest BCUT2D eigenvalue weighted by molar-refractivity contribution is -0.303. The van der Waals surface area contributed by atoms with Gasteiger partial charge in [0.1, 0.15) is 42.0 Å². The fourth-order valence-corrected chi connectivity index (χ4v) is 5.37. The van der Waals surface area contributed by atoms with Crippen LogP contribution in [0.5, 0.6) is 11.5 Å². The molecule has 14 heteroatoms. The van der Waals surface area contributed by atoms with Crippen LogP contribution in [0.3, 0.4) is 0 Å². The predicted molar refractivity (Wildman–Crippen MR) is 167 cm³/mol. The topological polar surface area (TPSA) is 178 Å². The molecule has 1 amide bonds. The van der Waals surface area contributed by atoms with Crippen LogP contribution in [-0.2, 0) is 20.7 Å². The second-order valence-corrected chi connectivity index (χ2v) is 12.2. The Hall–Kier alpha value is -2.82. The van der Waals surface area contributed by atoms with Crippen molar-refractivity contribution in [1.29, 1.82) is 0 Å². The van der Waals surface area contributed by atoms with Crippen LogP contribution in [0.2, 0.25) is 0 Å². The summed E-state index contributed by atoms with van der Waals surface area (Å²) in [6, 6.07) is 7.69. The summed E-state index contributed by atoms with van der Waals surface area (Å²) in [7, 11) is 0. The number of nitrogens with one attached hydrogen (secondary N) is 1. The number of aliphatic hydroxyl groups is 6. The molecule has 0 radical (unpaired) electrons. The molecule has 0 spiro atoms. The van der Waals surface area contributed by atoms with E-state index in [0.29, 0.717) is 12.2 Å². The van der Waals surface area contributed by atoms with Crippen molar-refractivity contribution in [1.82, 2.24) is 5.32 Å². The molecule has 8 atom stereocenters. The highest BCUT2D eigenvalue weighted by Crippen LogP contribution is 2.26. The maximum Gasteiger partial charge on any atom is 0.220 e. The third-order valence-electron chi connectivity index (χ3n) is 8.28. The summed E-state index contributed by atoms with van der Waals surface area (Å²) in [5.41, 5.74) is 1.10. The van der Waals surface area contributed by atoms with Crippen molar-refractivity contribution in [2.45, 2.75) is 120 Å². The summed E-state index contributed by atoms with van der Waals surface area (Å²) in [5.74, 6) is -4.25. The van der Waals surface area contributed by atoms with Crippen molar-refractivity contribution in [3.63, 3.8) is 0 Å². The van der Waals surface area contributed by atoms with E-state index < -0.39 is 73.0 Å². The number of hydrogen-bond acceptors (Lipinski definition) is 10. The average Bonchev–Trinajstić information content (AvgIpc) is 3.06. The van der Waals surface area contributed by atoms with Crippen LogP contribution < -0.4 is 10.1 Å². The minimum Gasteiger partial charge on any atom is -0.457 e. The lowest BCUT2D eigenvalue weighted by atomic mass is 9.99. The highest BCUT2D eigenvalue weighted by atomic mass is 19.2. The normalized spacial score (nSPS) is 23.0. The zero-order chi connectivity index (χ0) is 35.2. The molecule has 0 saturated carbocycles. The third kappa shape index (κ3) is 12.3. The van der Waals surface area contributed by atoms with Gasteiger partial charge in [0.25, 0.3) is 0 Å². The molecule has 1 aliphatic heterocycles. The molecular formula is C34H48F3NO10. The van der Waals surface area contributed by atoms with Crippen LogP contribution in [0.15, 0.2) is 36.4 Å². The van der Waals surface area contributed by atoms with Gasteiger partial charge in [0.05, 0.1) is 25.4 Å². The number of rotatable bonds is 20. The fourth-order valence-electron chi connectivity index (χ4n) is 5.37. The molecule has 2 aromatic rings. The van der Waals surface area contributed by atoms with Crippen molar-refractivity contribution in [2.75, 3.05) is 13.2 Å². The maximum atomic E-state index is 13.4. The quantitative estimate of drug-likeness (QED) is 0.0809. The number of ether oxygens (including phenoxy) is 3. The maximum absolute atomic E-state index is 13.4. The minimum atomic E-state index is -1.64. The lowest BCUT2D eigenvalue weighted by Crippen LogP contribution is -2.60. The summed E-state index contributed by atoms with van der Waals surface area (Å²) in [6.45, 7) is 0.342. The minimum absolute atomic E-state index is 0.123. The van der Waals surface area contributed by atoms with E-state index in [9.17, 15) is 48.6 Å². The van der Waals surface area contributed by atoms with E-state index in [4.69, 9.17) is 14.2 Å². The number of carbonyl (C=O) groups is 1. The Labute approximate surface area is 278 Å². The van der Waals surface area contributed by atoms with Gasteiger partial charge in [0.15, 0.2) is 23.7 Å². The summed E-state index contributed by atoms with van der Waals surface area (Å²) in [5, 5.41) is 62.2. The first-order valence-electron chi connectivity index (χ1n) is 16.4. The van der Waals surface area contributed by atoms with Crippen molar-refractivity contribution in [3.05, 3.63) is 59.4 Å². The summed E-state index contributed by atoms with van der Waals surface area (Å²) < 4.78 is 56.0. The Bertz CT molecular complexity index is 1230. The second kappa shape index (κ2) is 20.0. The first-order valence-corrected chi connectivity index (χ1v) is 16.4. The van der Waals surface area contributed by atoms with Crippen molar-refractivity contribution in [3.8, 4) is 11.5 Å². The summed E-state index contributed by atoms with van der Waals surface area (Å²) in [6.07, 6.45) is -1.35. The molecule has 0 bridgehead atoms. The molecule has 1 saturated heterocycles. The second-order valence-electron chi connectivity index (χ2n) is 12.2. The number of halogens is 3. The first-order chi connectivity index (χ1) is 22.9. The van der Waals surface area contributed by atoms with E-state index in [-0.39, 0.29) is 24.7 Å². The molecule has 3 unspecified atom stereocenters. The largest absolute Gasteiger partial charge is 0.457 e. The summed E-state index contributed by atoms with van der Waals surface area (Å²) >= 11 is 0. The van der Waals surface area contributed by atoms with Crippen molar-refractivity contribution < 1.29 is 62.8 Å². The number of aliphatic hydroxyl groups excluding tert-OH is 6. The van der Waals surface area contributed by atoms with Crippen molar-refractivity contribution >= 4 is 5.91 Å². The molecule has 2 aromatic carbocycles.